The van der Waals surface area contributed by atoms with Gasteiger partial charge in [-0.1, -0.05) is 85.4 Å². The average molecular weight is 523 g/mol. The van der Waals surface area contributed by atoms with Gasteiger partial charge in [-0.25, -0.2) is 0 Å². The second-order valence-electron chi connectivity index (χ2n) is 10.3. The lowest BCUT2D eigenvalue weighted by molar-refractivity contribution is -0.132. The molecule has 1 amide bonds. The van der Waals surface area contributed by atoms with E-state index < -0.39 is 11.6 Å². The fourth-order valence-corrected chi connectivity index (χ4v) is 4.13. The topological polar surface area (TPSA) is 110 Å². The molecule has 1 rings (SSSR count). The van der Waals surface area contributed by atoms with E-state index in [0.717, 1.165) is 36.8 Å². The molecule has 0 saturated heterocycles. The lowest BCUT2D eigenvalue weighted by atomic mass is 9.89. The molecule has 1 aliphatic carbocycles. The van der Waals surface area contributed by atoms with Gasteiger partial charge in [0.25, 0.3) is 0 Å². The van der Waals surface area contributed by atoms with Crippen LogP contribution in [0, 0.1) is 5.92 Å². The largest absolute Gasteiger partial charge is 0.346 e. The maximum absolute atomic E-state index is 13.5. The molecule has 0 heterocycles. The summed E-state index contributed by atoms with van der Waals surface area (Å²) >= 11 is 0. The van der Waals surface area contributed by atoms with Crippen molar-refractivity contribution in [3.63, 3.8) is 0 Å². The molecule has 6 heteroatoms. The van der Waals surface area contributed by atoms with Crippen LogP contribution in [0.15, 0.2) is 84.6 Å². The van der Waals surface area contributed by atoms with Gasteiger partial charge in [-0.2, -0.15) is 0 Å². The number of ketones is 1. The van der Waals surface area contributed by atoms with Crippen LogP contribution in [0.3, 0.4) is 0 Å². The minimum atomic E-state index is -0.770. The van der Waals surface area contributed by atoms with Gasteiger partial charge >= 0.3 is 0 Å². The Labute approximate surface area is 230 Å². The van der Waals surface area contributed by atoms with E-state index in [1.807, 2.05) is 63.3 Å². The van der Waals surface area contributed by atoms with E-state index in [-0.39, 0.29) is 17.6 Å². The van der Waals surface area contributed by atoms with Crippen LogP contribution in [-0.4, -0.2) is 42.9 Å². The van der Waals surface area contributed by atoms with Crippen LogP contribution in [0.4, 0.5) is 0 Å². The third kappa shape index (κ3) is 13.7. The van der Waals surface area contributed by atoms with Gasteiger partial charge in [0, 0.05) is 0 Å². The standard InChI is InChI=1S/C32H50N4O2/c1-26(2)28(21-14-15-23-33)31(38)36-29(22-17-24-34)30(37)32(3,4)35-25-16-10-6-9-13-20-27-18-11-7-5-8-12-19-27/h5-9,11-13,18-20,28-29,35H,1,10,14-17,21-25,33-34H2,2-4H3,(H,36,38). The van der Waals surface area contributed by atoms with Crippen LogP contribution in [0.1, 0.15) is 65.7 Å². The number of Topliss-reactive ketones (excluding diaryl/α,β-unsaturated/α-hetero) is 1. The van der Waals surface area contributed by atoms with Crippen molar-refractivity contribution in [1.29, 1.82) is 0 Å². The Hall–Kier alpha value is -2.80. The van der Waals surface area contributed by atoms with Crippen LogP contribution < -0.4 is 22.1 Å². The number of nitrogens with one attached hydrogen (secondary N) is 2. The number of hydrogen-bond donors (Lipinski definition) is 4. The quantitative estimate of drug-likeness (QED) is 0.109. The van der Waals surface area contributed by atoms with Gasteiger partial charge in [0.15, 0.2) is 5.78 Å². The Bertz CT molecular complexity index is 922. The van der Waals surface area contributed by atoms with Crippen molar-refractivity contribution >= 4 is 11.7 Å². The molecular weight excluding hydrogens is 472 g/mol. The molecule has 0 spiro atoms. The molecule has 0 aromatic carbocycles. The summed E-state index contributed by atoms with van der Waals surface area (Å²) in [6, 6.07) is -0.586. The Morgan fingerprint density at radius 1 is 0.974 bits per heavy atom. The number of amides is 1. The van der Waals surface area contributed by atoms with E-state index in [0.29, 0.717) is 38.9 Å². The van der Waals surface area contributed by atoms with E-state index in [1.54, 1.807) is 0 Å². The van der Waals surface area contributed by atoms with E-state index >= 15 is 0 Å². The van der Waals surface area contributed by atoms with E-state index in [1.165, 1.54) is 0 Å². The highest BCUT2D eigenvalue weighted by atomic mass is 16.2. The van der Waals surface area contributed by atoms with Gasteiger partial charge in [-0.15, -0.1) is 0 Å². The maximum atomic E-state index is 13.5. The van der Waals surface area contributed by atoms with Crippen LogP contribution in [0.25, 0.3) is 0 Å². The summed E-state index contributed by atoms with van der Waals surface area (Å²) < 4.78 is 0. The molecule has 0 radical (unpaired) electrons. The Kier molecular flexibility index (Phi) is 16.9. The van der Waals surface area contributed by atoms with Crippen LogP contribution >= 0.6 is 0 Å². The molecule has 0 bridgehead atoms. The minimum absolute atomic E-state index is 0.0235. The molecule has 38 heavy (non-hydrogen) atoms. The summed E-state index contributed by atoms with van der Waals surface area (Å²) in [5.41, 5.74) is 12.5. The first-order valence-electron chi connectivity index (χ1n) is 13.9. The number of carbonyl (C=O) groups excluding carboxylic acids is 2. The van der Waals surface area contributed by atoms with E-state index in [9.17, 15) is 9.59 Å². The van der Waals surface area contributed by atoms with E-state index in [2.05, 4.69) is 41.5 Å². The third-order valence-electron chi connectivity index (χ3n) is 6.48. The SMILES string of the molecule is C=C(C)C(CCCCN)C(=O)NC(CCCN)C(=O)C(C)(C)NCCCC=CC=CC1=CC=CC=CC=C1. The molecule has 2 unspecified atom stereocenters. The first kappa shape index (κ1) is 33.2. The Morgan fingerprint density at radius 2 is 1.68 bits per heavy atom. The monoisotopic (exact) mass is 522 g/mol. The zero-order valence-electron chi connectivity index (χ0n) is 23.8. The Balaban J connectivity index is 2.60. The highest BCUT2D eigenvalue weighted by Crippen LogP contribution is 2.19. The summed E-state index contributed by atoms with van der Waals surface area (Å²) in [7, 11) is 0. The molecule has 0 aromatic heterocycles. The molecular formula is C32H50N4O2. The molecule has 0 saturated carbocycles. The normalized spacial score (nSPS) is 15.3. The van der Waals surface area contributed by atoms with Gasteiger partial charge < -0.3 is 22.1 Å². The van der Waals surface area contributed by atoms with Gasteiger partial charge in [0.2, 0.25) is 5.91 Å². The van der Waals surface area contributed by atoms with E-state index in [4.69, 9.17) is 11.5 Å². The predicted molar refractivity (Wildman–Crippen MR) is 162 cm³/mol. The molecule has 1 aliphatic rings. The van der Waals surface area contributed by atoms with Gasteiger partial charge in [0.05, 0.1) is 17.5 Å². The fraction of sp³-hybridized carbons (Fsp3) is 0.500. The summed E-state index contributed by atoms with van der Waals surface area (Å²) in [4.78, 5) is 26.5. The van der Waals surface area contributed by atoms with Crippen molar-refractivity contribution in [2.45, 2.75) is 77.3 Å². The zero-order chi connectivity index (χ0) is 28.2. The molecule has 2 atom stereocenters. The number of nitrogens with two attached hydrogens (primary N) is 2. The second-order valence-corrected chi connectivity index (χ2v) is 10.3. The van der Waals surface area contributed by atoms with Crippen molar-refractivity contribution in [2.24, 2.45) is 17.4 Å². The molecule has 0 fully saturated rings. The van der Waals surface area contributed by atoms with Gasteiger partial charge in [0.1, 0.15) is 0 Å². The molecule has 6 nitrogen and oxygen atoms in total. The minimum Gasteiger partial charge on any atom is -0.346 e. The van der Waals surface area contributed by atoms with Crippen molar-refractivity contribution < 1.29 is 9.59 Å². The first-order valence-corrected chi connectivity index (χ1v) is 13.9. The fourth-order valence-electron chi connectivity index (χ4n) is 4.13. The third-order valence-corrected chi connectivity index (χ3v) is 6.48. The average Bonchev–Trinajstić information content (AvgIpc) is 2.86. The van der Waals surface area contributed by atoms with Crippen molar-refractivity contribution in [1.82, 2.24) is 10.6 Å². The molecule has 6 N–H and O–H groups in total. The van der Waals surface area contributed by atoms with Crippen LogP contribution in [-0.2, 0) is 9.59 Å². The number of carbonyl (C=O) groups is 2. The first-order chi connectivity index (χ1) is 18.2. The highest BCUT2D eigenvalue weighted by molar-refractivity contribution is 5.95. The Morgan fingerprint density at radius 3 is 2.39 bits per heavy atom. The lowest BCUT2D eigenvalue weighted by Gasteiger charge is -2.31. The summed E-state index contributed by atoms with van der Waals surface area (Å²) in [6.45, 7) is 11.4. The van der Waals surface area contributed by atoms with Crippen LogP contribution in [0.2, 0.25) is 0 Å². The number of unbranched alkanes of at least 4 members (excludes halogenated alkanes) is 2. The van der Waals surface area contributed by atoms with Crippen LogP contribution in [0.5, 0.6) is 0 Å². The van der Waals surface area contributed by atoms with Crippen molar-refractivity contribution in [3.8, 4) is 0 Å². The van der Waals surface area contributed by atoms with Gasteiger partial charge in [-0.05, 0) is 84.5 Å². The van der Waals surface area contributed by atoms with Crippen molar-refractivity contribution in [3.05, 3.63) is 84.6 Å². The van der Waals surface area contributed by atoms with Crippen molar-refractivity contribution in [2.75, 3.05) is 19.6 Å². The number of hydrogen-bond acceptors (Lipinski definition) is 5. The summed E-state index contributed by atoms with van der Waals surface area (Å²) in [5, 5.41) is 6.40. The molecule has 0 aliphatic heterocycles. The second kappa shape index (κ2) is 19.3. The molecule has 210 valence electrons. The number of rotatable bonds is 19. The maximum Gasteiger partial charge on any atom is 0.227 e. The lowest BCUT2D eigenvalue weighted by Crippen LogP contribution is -2.56. The smallest absolute Gasteiger partial charge is 0.227 e. The van der Waals surface area contributed by atoms with Gasteiger partial charge in [-0.3, -0.25) is 9.59 Å². The summed E-state index contributed by atoms with van der Waals surface area (Å²) in [6.07, 6.45) is 27.8. The molecule has 0 aromatic rings. The highest BCUT2D eigenvalue weighted by Gasteiger charge is 2.34. The predicted octanol–water partition coefficient (Wildman–Crippen LogP) is 4.97. The number of allylic oxidation sites excluding steroid dienone is 12. The summed E-state index contributed by atoms with van der Waals surface area (Å²) in [5.74, 6) is -0.485. The zero-order valence-corrected chi connectivity index (χ0v) is 23.8.